The Labute approximate surface area is 109 Å². The van der Waals surface area contributed by atoms with E-state index < -0.39 is 0 Å². The van der Waals surface area contributed by atoms with Crippen molar-refractivity contribution in [3.05, 3.63) is 29.3 Å². The van der Waals surface area contributed by atoms with Gasteiger partial charge in [-0.15, -0.1) is 0 Å². The minimum atomic E-state index is -0.355. The van der Waals surface area contributed by atoms with Crippen molar-refractivity contribution in [3.8, 4) is 5.75 Å². The average Bonchev–Trinajstić information content (AvgIpc) is 2.56. The summed E-state index contributed by atoms with van der Waals surface area (Å²) in [4.78, 5) is 0. The summed E-state index contributed by atoms with van der Waals surface area (Å²) in [5.41, 5.74) is 2.07. The molecule has 0 bridgehead atoms. The number of rotatable bonds is 0. The van der Waals surface area contributed by atoms with Crippen LogP contribution in [0.5, 0.6) is 5.75 Å². The predicted molar refractivity (Wildman–Crippen MR) is 71.8 cm³/mol. The Bertz CT molecular complexity index is 431. The number of aryl methyl sites for hydroxylation is 1. The lowest BCUT2D eigenvalue weighted by Gasteiger charge is -2.40. The Kier molecular flexibility index (Phi) is 3.06. The molecule has 2 aliphatic rings. The molecule has 0 saturated heterocycles. The second-order valence-corrected chi connectivity index (χ2v) is 5.96. The Morgan fingerprint density at radius 3 is 2.61 bits per heavy atom. The molecule has 1 aromatic carbocycles. The predicted octanol–water partition coefficient (Wildman–Crippen LogP) is 3.90. The van der Waals surface area contributed by atoms with Crippen LogP contribution in [0.15, 0.2) is 18.2 Å². The molecule has 0 radical (unpaired) electrons. The van der Waals surface area contributed by atoms with Crippen molar-refractivity contribution in [3.63, 3.8) is 0 Å². The van der Waals surface area contributed by atoms with E-state index in [1.807, 2.05) is 6.07 Å². The van der Waals surface area contributed by atoms with Crippen LogP contribution in [-0.2, 0) is 0 Å². The average molecular weight is 246 g/mol. The third-order valence-electron chi connectivity index (χ3n) is 4.43. The van der Waals surface area contributed by atoms with Gasteiger partial charge in [0, 0.05) is 12.0 Å². The van der Waals surface area contributed by atoms with Crippen molar-refractivity contribution >= 4 is 0 Å². The lowest BCUT2D eigenvalue weighted by Crippen LogP contribution is -2.40. The van der Waals surface area contributed by atoms with Crippen LogP contribution < -0.4 is 4.74 Å². The third kappa shape index (κ3) is 2.14. The Balaban J connectivity index is 1.92. The first kappa shape index (κ1) is 12.0. The molecule has 1 heterocycles. The fraction of sp³-hybridized carbons (Fsp3) is 0.625. The first-order chi connectivity index (χ1) is 8.69. The molecule has 1 spiro atoms. The topological polar surface area (TPSA) is 29.5 Å². The number of hydrogen-bond donors (Lipinski definition) is 1. The van der Waals surface area contributed by atoms with E-state index in [1.165, 1.54) is 31.2 Å². The van der Waals surface area contributed by atoms with Gasteiger partial charge in [0.05, 0.1) is 6.10 Å². The molecule has 0 unspecified atom stereocenters. The zero-order valence-corrected chi connectivity index (χ0v) is 11.1. The highest BCUT2D eigenvalue weighted by atomic mass is 16.5. The summed E-state index contributed by atoms with van der Waals surface area (Å²) >= 11 is 0. The first-order valence-electron chi connectivity index (χ1n) is 7.16. The van der Waals surface area contributed by atoms with Crippen LogP contribution in [0.25, 0.3) is 0 Å². The molecule has 1 N–H and O–H groups in total. The summed E-state index contributed by atoms with van der Waals surface area (Å²) in [6, 6.07) is 6.16. The molecular weight excluding hydrogens is 224 g/mol. The number of fused-ring (bicyclic) bond motifs is 1. The molecule has 1 aromatic rings. The summed E-state index contributed by atoms with van der Waals surface area (Å²) in [5, 5.41) is 10.4. The Hall–Kier alpha value is -1.02. The van der Waals surface area contributed by atoms with Crippen LogP contribution in [0.1, 0.15) is 62.2 Å². The van der Waals surface area contributed by atoms with E-state index in [-0.39, 0.29) is 11.7 Å². The molecule has 1 fully saturated rings. The number of aliphatic hydroxyl groups is 1. The number of hydrogen-bond acceptors (Lipinski definition) is 2. The van der Waals surface area contributed by atoms with E-state index in [2.05, 4.69) is 19.1 Å². The van der Waals surface area contributed by atoms with Crippen molar-refractivity contribution in [2.45, 2.75) is 63.6 Å². The number of benzene rings is 1. The van der Waals surface area contributed by atoms with E-state index >= 15 is 0 Å². The Morgan fingerprint density at radius 2 is 1.89 bits per heavy atom. The zero-order valence-electron chi connectivity index (χ0n) is 11.1. The van der Waals surface area contributed by atoms with Crippen LogP contribution in [0.2, 0.25) is 0 Å². The van der Waals surface area contributed by atoms with Gasteiger partial charge in [-0.3, -0.25) is 0 Å². The number of aliphatic hydroxyl groups excluding tert-OH is 1. The molecular formula is C16H22O2. The highest BCUT2D eigenvalue weighted by molar-refractivity contribution is 5.40. The van der Waals surface area contributed by atoms with E-state index in [9.17, 15) is 5.11 Å². The number of ether oxygens (including phenoxy) is 1. The maximum atomic E-state index is 10.4. The fourth-order valence-corrected chi connectivity index (χ4v) is 3.44. The van der Waals surface area contributed by atoms with Crippen LogP contribution in [0.3, 0.4) is 0 Å². The van der Waals surface area contributed by atoms with Crippen LogP contribution in [0, 0.1) is 6.92 Å². The van der Waals surface area contributed by atoms with E-state index in [1.54, 1.807) is 0 Å². The lowest BCUT2D eigenvalue weighted by molar-refractivity contribution is -0.0244. The van der Waals surface area contributed by atoms with Gasteiger partial charge in [-0.2, -0.15) is 0 Å². The van der Waals surface area contributed by atoms with Crippen molar-refractivity contribution in [1.29, 1.82) is 0 Å². The van der Waals surface area contributed by atoms with Gasteiger partial charge in [0.2, 0.25) is 0 Å². The van der Waals surface area contributed by atoms with Crippen LogP contribution in [0.4, 0.5) is 0 Å². The molecule has 2 heteroatoms. The van der Waals surface area contributed by atoms with E-state index in [4.69, 9.17) is 4.74 Å². The summed E-state index contributed by atoms with van der Waals surface area (Å²) in [5.74, 6) is 0.904. The van der Waals surface area contributed by atoms with Crippen molar-refractivity contribution < 1.29 is 9.84 Å². The molecule has 1 aliphatic heterocycles. The van der Waals surface area contributed by atoms with Crippen molar-refractivity contribution in [1.82, 2.24) is 0 Å². The Morgan fingerprint density at radius 1 is 1.17 bits per heavy atom. The quantitative estimate of drug-likeness (QED) is 0.752. The molecule has 98 valence electrons. The second-order valence-electron chi connectivity index (χ2n) is 5.96. The highest BCUT2D eigenvalue weighted by Crippen LogP contribution is 2.45. The molecule has 18 heavy (non-hydrogen) atoms. The standard InChI is InChI=1S/C16H22O2/c1-12-6-7-15-13(10-12)14(17)11-16(18-15)8-4-2-3-5-9-16/h6-7,10,14,17H,2-5,8-9,11H2,1H3/t14-/m0/s1. The van der Waals surface area contributed by atoms with Gasteiger partial charge < -0.3 is 9.84 Å². The summed E-state index contributed by atoms with van der Waals surface area (Å²) in [6.45, 7) is 2.06. The second kappa shape index (κ2) is 4.58. The van der Waals surface area contributed by atoms with Gasteiger partial charge >= 0.3 is 0 Å². The highest BCUT2D eigenvalue weighted by Gasteiger charge is 2.40. The van der Waals surface area contributed by atoms with Crippen molar-refractivity contribution in [2.24, 2.45) is 0 Å². The molecule has 3 rings (SSSR count). The van der Waals surface area contributed by atoms with Gasteiger partial charge in [-0.1, -0.05) is 24.5 Å². The van der Waals surface area contributed by atoms with Crippen LogP contribution in [-0.4, -0.2) is 10.7 Å². The van der Waals surface area contributed by atoms with E-state index in [0.717, 1.165) is 30.6 Å². The summed E-state index contributed by atoms with van der Waals surface area (Å²) in [7, 11) is 0. The molecule has 1 saturated carbocycles. The van der Waals surface area contributed by atoms with Gasteiger partial charge in [-0.05, 0) is 44.7 Å². The maximum Gasteiger partial charge on any atom is 0.125 e. The minimum Gasteiger partial charge on any atom is -0.487 e. The maximum absolute atomic E-state index is 10.4. The fourth-order valence-electron chi connectivity index (χ4n) is 3.44. The molecule has 1 aliphatic carbocycles. The third-order valence-corrected chi connectivity index (χ3v) is 4.43. The minimum absolute atomic E-state index is 0.0990. The molecule has 0 amide bonds. The smallest absolute Gasteiger partial charge is 0.125 e. The van der Waals surface area contributed by atoms with Gasteiger partial charge in [0.15, 0.2) is 0 Å². The summed E-state index contributed by atoms with van der Waals surface area (Å²) in [6.07, 6.45) is 7.68. The van der Waals surface area contributed by atoms with Gasteiger partial charge in [0.25, 0.3) is 0 Å². The van der Waals surface area contributed by atoms with Crippen molar-refractivity contribution in [2.75, 3.05) is 0 Å². The zero-order chi connectivity index (χ0) is 12.6. The lowest BCUT2D eigenvalue weighted by atomic mass is 9.83. The monoisotopic (exact) mass is 246 g/mol. The first-order valence-corrected chi connectivity index (χ1v) is 7.16. The van der Waals surface area contributed by atoms with Gasteiger partial charge in [-0.25, -0.2) is 0 Å². The molecule has 2 nitrogen and oxygen atoms in total. The normalized spacial score (nSPS) is 26.2. The summed E-state index contributed by atoms with van der Waals surface area (Å²) < 4.78 is 6.31. The molecule has 1 atom stereocenters. The van der Waals surface area contributed by atoms with Crippen LogP contribution >= 0.6 is 0 Å². The van der Waals surface area contributed by atoms with E-state index in [0.29, 0.717) is 0 Å². The molecule has 0 aromatic heterocycles. The van der Waals surface area contributed by atoms with Gasteiger partial charge in [0.1, 0.15) is 11.4 Å². The largest absolute Gasteiger partial charge is 0.487 e. The SMILES string of the molecule is Cc1ccc2c(c1)[C@@H](O)CC1(CCCCCC1)O2.